The highest BCUT2D eigenvalue weighted by atomic mass is 79.9. The van der Waals surface area contributed by atoms with Crippen LogP contribution in [0.2, 0.25) is 0 Å². The lowest BCUT2D eigenvalue weighted by Crippen LogP contribution is -2.26. The summed E-state index contributed by atoms with van der Waals surface area (Å²) >= 11 is 3.41. The summed E-state index contributed by atoms with van der Waals surface area (Å²) in [5.74, 6) is -0.248. The van der Waals surface area contributed by atoms with Gasteiger partial charge in [-0.3, -0.25) is 4.79 Å². The van der Waals surface area contributed by atoms with E-state index in [-0.39, 0.29) is 17.6 Å². The molecule has 23 heavy (non-hydrogen) atoms. The quantitative estimate of drug-likeness (QED) is 0.764. The van der Waals surface area contributed by atoms with Gasteiger partial charge in [0.15, 0.2) is 5.69 Å². The molecule has 0 aliphatic carbocycles. The predicted molar refractivity (Wildman–Crippen MR) is 91.4 cm³/mol. The number of nitrogens with one attached hydrogen (secondary N) is 1. The Bertz CT molecular complexity index is 816. The molecule has 1 N–H and O–H groups in total. The van der Waals surface area contributed by atoms with Crippen LogP contribution in [-0.2, 0) is 0 Å². The molecule has 6 heteroatoms. The number of hydrogen-bond acceptors (Lipinski definition) is 3. The van der Waals surface area contributed by atoms with Gasteiger partial charge < -0.3 is 5.32 Å². The molecule has 3 rings (SSSR count). The number of hydrogen-bond donors (Lipinski definition) is 1. The molecule has 3 aromatic rings. The monoisotopic (exact) mass is 370 g/mol. The van der Waals surface area contributed by atoms with Crippen molar-refractivity contribution in [3.8, 4) is 5.69 Å². The van der Waals surface area contributed by atoms with E-state index in [0.29, 0.717) is 0 Å². The van der Waals surface area contributed by atoms with E-state index < -0.39 is 0 Å². The summed E-state index contributed by atoms with van der Waals surface area (Å²) in [5.41, 5.74) is 2.16. The zero-order valence-electron chi connectivity index (χ0n) is 12.5. The lowest BCUT2D eigenvalue weighted by molar-refractivity contribution is 0.0935. The van der Waals surface area contributed by atoms with Gasteiger partial charge in [-0.1, -0.05) is 57.5 Å². The van der Waals surface area contributed by atoms with Crippen molar-refractivity contribution < 1.29 is 4.79 Å². The van der Waals surface area contributed by atoms with Crippen LogP contribution in [0.15, 0.2) is 65.3 Å². The van der Waals surface area contributed by atoms with E-state index in [1.165, 1.54) is 0 Å². The van der Waals surface area contributed by atoms with E-state index in [0.717, 1.165) is 15.7 Å². The number of aromatic nitrogens is 3. The van der Waals surface area contributed by atoms with Gasteiger partial charge in [-0.05, 0) is 30.7 Å². The standard InChI is InChI=1S/C17H15BrN4O/c1-12(13-6-3-2-4-7-13)19-17(23)16-11-22(21-20-16)15-9-5-8-14(18)10-15/h2-12H,1H3,(H,19,23)/t12-/m1/s1. The first-order valence-electron chi connectivity index (χ1n) is 7.17. The molecule has 0 aliphatic heterocycles. The van der Waals surface area contributed by atoms with Crippen molar-refractivity contribution in [2.24, 2.45) is 0 Å². The van der Waals surface area contributed by atoms with Crippen LogP contribution in [0.25, 0.3) is 5.69 Å². The molecule has 0 saturated heterocycles. The zero-order chi connectivity index (χ0) is 16.2. The van der Waals surface area contributed by atoms with Crippen LogP contribution in [0.4, 0.5) is 0 Å². The topological polar surface area (TPSA) is 59.8 Å². The van der Waals surface area contributed by atoms with Gasteiger partial charge in [0, 0.05) is 4.47 Å². The molecule has 1 heterocycles. The minimum Gasteiger partial charge on any atom is -0.344 e. The number of amides is 1. The van der Waals surface area contributed by atoms with Gasteiger partial charge in [0.25, 0.3) is 5.91 Å². The Balaban J connectivity index is 1.74. The van der Waals surface area contributed by atoms with Crippen molar-refractivity contribution >= 4 is 21.8 Å². The number of carbonyl (C=O) groups is 1. The van der Waals surface area contributed by atoms with Crippen LogP contribution in [-0.4, -0.2) is 20.9 Å². The maximum Gasteiger partial charge on any atom is 0.273 e. The van der Waals surface area contributed by atoms with Crippen LogP contribution in [0, 0.1) is 0 Å². The van der Waals surface area contributed by atoms with Crippen molar-refractivity contribution in [1.82, 2.24) is 20.3 Å². The number of halogens is 1. The van der Waals surface area contributed by atoms with Crippen LogP contribution in [0.5, 0.6) is 0 Å². The van der Waals surface area contributed by atoms with Crippen LogP contribution in [0.3, 0.4) is 0 Å². The normalized spacial score (nSPS) is 11.9. The molecule has 0 aliphatic rings. The summed E-state index contributed by atoms with van der Waals surface area (Å²) < 4.78 is 2.52. The fraction of sp³-hybridized carbons (Fsp3) is 0.118. The third-order valence-electron chi connectivity index (χ3n) is 3.45. The molecule has 0 spiro atoms. The van der Waals surface area contributed by atoms with Crippen LogP contribution >= 0.6 is 15.9 Å². The molecule has 1 amide bonds. The van der Waals surface area contributed by atoms with Crippen molar-refractivity contribution in [3.05, 3.63) is 76.5 Å². The van der Waals surface area contributed by atoms with Crippen molar-refractivity contribution in [2.45, 2.75) is 13.0 Å². The largest absolute Gasteiger partial charge is 0.344 e. The second kappa shape index (κ2) is 6.75. The molecule has 5 nitrogen and oxygen atoms in total. The summed E-state index contributed by atoms with van der Waals surface area (Å²) in [4.78, 5) is 12.3. The zero-order valence-corrected chi connectivity index (χ0v) is 14.1. The van der Waals surface area contributed by atoms with Crippen LogP contribution < -0.4 is 5.32 Å². The third-order valence-corrected chi connectivity index (χ3v) is 3.94. The van der Waals surface area contributed by atoms with Crippen molar-refractivity contribution in [3.63, 3.8) is 0 Å². The summed E-state index contributed by atoms with van der Waals surface area (Å²) in [6, 6.07) is 17.3. The Morgan fingerprint density at radius 2 is 1.96 bits per heavy atom. The lowest BCUT2D eigenvalue weighted by Gasteiger charge is -2.12. The molecule has 1 aromatic heterocycles. The predicted octanol–water partition coefficient (Wildman–Crippen LogP) is 3.52. The van der Waals surface area contributed by atoms with Gasteiger partial charge in [0.2, 0.25) is 0 Å². The Kier molecular flexibility index (Phi) is 4.52. The smallest absolute Gasteiger partial charge is 0.273 e. The second-order valence-electron chi connectivity index (χ2n) is 5.13. The first kappa shape index (κ1) is 15.4. The average Bonchev–Trinajstić information content (AvgIpc) is 3.06. The molecule has 0 saturated carbocycles. The van der Waals surface area contributed by atoms with Gasteiger partial charge in [-0.2, -0.15) is 0 Å². The first-order valence-corrected chi connectivity index (χ1v) is 7.97. The first-order chi connectivity index (χ1) is 11.1. The molecule has 2 aromatic carbocycles. The van der Waals surface area contributed by atoms with Crippen molar-refractivity contribution in [1.29, 1.82) is 0 Å². The molecule has 0 fully saturated rings. The summed E-state index contributed by atoms with van der Waals surface area (Å²) in [5, 5.41) is 10.9. The lowest BCUT2D eigenvalue weighted by atomic mass is 10.1. The van der Waals surface area contributed by atoms with Gasteiger partial charge in [-0.25, -0.2) is 4.68 Å². The SMILES string of the molecule is C[C@@H](NC(=O)c1cn(-c2cccc(Br)c2)nn1)c1ccccc1. The average molecular weight is 371 g/mol. The Morgan fingerprint density at radius 1 is 1.17 bits per heavy atom. The van der Waals surface area contributed by atoms with E-state index in [4.69, 9.17) is 0 Å². The van der Waals surface area contributed by atoms with E-state index in [2.05, 4.69) is 31.6 Å². The highest BCUT2D eigenvalue weighted by Gasteiger charge is 2.15. The molecule has 0 radical (unpaired) electrons. The maximum absolute atomic E-state index is 12.3. The number of benzene rings is 2. The molecular weight excluding hydrogens is 356 g/mol. The molecule has 0 unspecified atom stereocenters. The second-order valence-corrected chi connectivity index (χ2v) is 6.05. The van der Waals surface area contributed by atoms with Crippen LogP contribution in [0.1, 0.15) is 29.0 Å². The Morgan fingerprint density at radius 3 is 2.70 bits per heavy atom. The van der Waals surface area contributed by atoms with Gasteiger partial charge in [-0.15, -0.1) is 5.10 Å². The highest BCUT2D eigenvalue weighted by Crippen LogP contribution is 2.15. The summed E-state index contributed by atoms with van der Waals surface area (Å²) in [6.45, 7) is 1.94. The van der Waals surface area contributed by atoms with Gasteiger partial charge >= 0.3 is 0 Å². The maximum atomic E-state index is 12.3. The summed E-state index contributed by atoms with van der Waals surface area (Å²) in [6.07, 6.45) is 1.62. The van der Waals surface area contributed by atoms with E-state index in [9.17, 15) is 4.79 Å². The molecule has 116 valence electrons. The minimum atomic E-state index is -0.248. The molecular formula is C17H15BrN4O. The Labute approximate surface area is 142 Å². The van der Waals surface area contributed by atoms with E-state index >= 15 is 0 Å². The highest BCUT2D eigenvalue weighted by molar-refractivity contribution is 9.10. The van der Waals surface area contributed by atoms with Crippen molar-refractivity contribution in [2.75, 3.05) is 0 Å². The van der Waals surface area contributed by atoms with Gasteiger partial charge in [0.05, 0.1) is 17.9 Å². The third kappa shape index (κ3) is 3.65. The number of rotatable bonds is 4. The number of carbonyl (C=O) groups excluding carboxylic acids is 1. The van der Waals surface area contributed by atoms with Gasteiger partial charge in [0.1, 0.15) is 0 Å². The summed E-state index contributed by atoms with van der Waals surface area (Å²) in [7, 11) is 0. The fourth-order valence-electron chi connectivity index (χ4n) is 2.21. The van der Waals surface area contributed by atoms with E-state index in [1.54, 1.807) is 10.9 Å². The molecule has 0 bridgehead atoms. The van der Waals surface area contributed by atoms with E-state index in [1.807, 2.05) is 61.5 Å². The number of nitrogens with zero attached hydrogens (tertiary/aromatic N) is 3. The Hall–Kier alpha value is -2.47. The molecule has 1 atom stereocenters. The minimum absolute atomic E-state index is 0.0975. The fourth-order valence-corrected chi connectivity index (χ4v) is 2.60.